The van der Waals surface area contributed by atoms with Crippen molar-refractivity contribution in [1.29, 1.82) is 0 Å². The summed E-state index contributed by atoms with van der Waals surface area (Å²) in [5.41, 5.74) is 4.80. The van der Waals surface area contributed by atoms with Crippen molar-refractivity contribution in [3.8, 4) is 11.5 Å². The van der Waals surface area contributed by atoms with E-state index in [0.717, 1.165) is 23.3 Å². The first kappa shape index (κ1) is 21.4. The zero-order chi connectivity index (χ0) is 21.2. The quantitative estimate of drug-likeness (QED) is 0.367. The SMILES string of the molecule is CCCOc1ccc(C(=O)N/N=C\c2ccccc2OCc2ccc(Cl)cc2)cc1. The summed E-state index contributed by atoms with van der Waals surface area (Å²) in [5.74, 6) is 1.11. The average molecular weight is 423 g/mol. The number of nitrogens with zero attached hydrogens (tertiary/aromatic N) is 1. The lowest BCUT2D eigenvalue weighted by atomic mass is 10.2. The number of hydrogen-bond acceptors (Lipinski definition) is 4. The highest BCUT2D eigenvalue weighted by molar-refractivity contribution is 6.30. The van der Waals surface area contributed by atoms with Crippen LogP contribution in [-0.4, -0.2) is 18.7 Å². The maximum absolute atomic E-state index is 12.3. The molecular formula is C24H23ClN2O3. The summed E-state index contributed by atoms with van der Waals surface area (Å²) in [6.45, 7) is 3.09. The molecular weight excluding hydrogens is 400 g/mol. The van der Waals surface area contributed by atoms with Crippen molar-refractivity contribution in [1.82, 2.24) is 5.43 Å². The Labute approximate surface area is 181 Å². The van der Waals surface area contributed by atoms with Crippen molar-refractivity contribution in [3.05, 3.63) is 94.5 Å². The maximum atomic E-state index is 12.3. The zero-order valence-corrected chi connectivity index (χ0v) is 17.4. The van der Waals surface area contributed by atoms with Gasteiger partial charge < -0.3 is 9.47 Å². The molecule has 6 heteroatoms. The molecule has 3 aromatic rings. The fourth-order valence-electron chi connectivity index (χ4n) is 2.61. The Morgan fingerprint density at radius 1 is 1.00 bits per heavy atom. The summed E-state index contributed by atoms with van der Waals surface area (Å²) in [6, 6.07) is 21.9. The Morgan fingerprint density at radius 3 is 2.47 bits per heavy atom. The zero-order valence-electron chi connectivity index (χ0n) is 16.7. The van der Waals surface area contributed by atoms with Gasteiger partial charge in [-0.2, -0.15) is 5.10 Å². The second-order valence-electron chi connectivity index (χ2n) is 6.52. The van der Waals surface area contributed by atoms with Gasteiger partial charge in [-0.05, 0) is 60.5 Å². The van der Waals surface area contributed by atoms with E-state index < -0.39 is 0 Å². The highest BCUT2D eigenvalue weighted by Crippen LogP contribution is 2.18. The number of hydrazone groups is 1. The minimum Gasteiger partial charge on any atom is -0.494 e. The number of benzene rings is 3. The summed E-state index contributed by atoms with van der Waals surface area (Å²) in [5, 5.41) is 4.75. The molecule has 1 N–H and O–H groups in total. The third kappa shape index (κ3) is 6.36. The minimum absolute atomic E-state index is 0.298. The predicted octanol–water partition coefficient (Wildman–Crippen LogP) is 5.47. The molecule has 0 atom stereocenters. The van der Waals surface area contributed by atoms with Gasteiger partial charge >= 0.3 is 0 Å². The van der Waals surface area contributed by atoms with Gasteiger partial charge in [0.25, 0.3) is 5.91 Å². The Kier molecular flexibility index (Phi) is 7.86. The van der Waals surface area contributed by atoms with Crippen LogP contribution in [0.15, 0.2) is 77.9 Å². The largest absolute Gasteiger partial charge is 0.494 e. The lowest BCUT2D eigenvalue weighted by molar-refractivity contribution is 0.0955. The molecule has 5 nitrogen and oxygen atoms in total. The average Bonchev–Trinajstić information content (AvgIpc) is 2.78. The van der Waals surface area contributed by atoms with Gasteiger partial charge in [0.15, 0.2) is 0 Å². The van der Waals surface area contributed by atoms with E-state index in [-0.39, 0.29) is 5.91 Å². The van der Waals surface area contributed by atoms with Gasteiger partial charge in [0.2, 0.25) is 0 Å². The molecule has 0 fully saturated rings. The molecule has 0 aliphatic rings. The first-order valence-electron chi connectivity index (χ1n) is 9.68. The summed E-state index contributed by atoms with van der Waals surface area (Å²) in [7, 11) is 0. The van der Waals surface area contributed by atoms with Crippen molar-refractivity contribution < 1.29 is 14.3 Å². The normalized spacial score (nSPS) is 10.7. The van der Waals surface area contributed by atoms with Crippen LogP contribution in [-0.2, 0) is 6.61 Å². The van der Waals surface area contributed by atoms with Crippen LogP contribution in [0.2, 0.25) is 5.02 Å². The smallest absolute Gasteiger partial charge is 0.271 e. The van der Waals surface area contributed by atoms with E-state index in [1.807, 2.05) is 55.5 Å². The van der Waals surface area contributed by atoms with Crippen LogP contribution in [0.5, 0.6) is 11.5 Å². The van der Waals surface area contributed by atoms with Gasteiger partial charge in [-0.1, -0.05) is 42.8 Å². The molecule has 3 aromatic carbocycles. The molecule has 0 aliphatic carbocycles. The van der Waals surface area contributed by atoms with Crippen molar-refractivity contribution >= 4 is 23.7 Å². The number of hydrogen-bond donors (Lipinski definition) is 1. The first-order valence-corrected chi connectivity index (χ1v) is 10.1. The molecule has 0 saturated carbocycles. The lowest BCUT2D eigenvalue weighted by Crippen LogP contribution is -2.17. The first-order chi connectivity index (χ1) is 14.7. The van der Waals surface area contributed by atoms with Gasteiger partial charge in [-0.3, -0.25) is 4.79 Å². The summed E-state index contributed by atoms with van der Waals surface area (Å²) in [4.78, 5) is 12.3. The Bertz CT molecular complexity index is 986. The Morgan fingerprint density at radius 2 is 1.73 bits per heavy atom. The molecule has 0 aliphatic heterocycles. The van der Waals surface area contributed by atoms with Crippen LogP contribution in [0.25, 0.3) is 0 Å². The van der Waals surface area contributed by atoms with Crippen LogP contribution >= 0.6 is 11.6 Å². The van der Waals surface area contributed by atoms with Crippen LogP contribution in [0.1, 0.15) is 34.8 Å². The highest BCUT2D eigenvalue weighted by atomic mass is 35.5. The predicted molar refractivity (Wildman–Crippen MR) is 120 cm³/mol. The van der Waals surface area contributed by atoms with Crippen molar-refractivity contribution in [2.45, 2.75) is 20.0 Å². The molecule has 0 unspecified atom stereocenters. The number of halogens is 1. The Hall–Kier alpha value is -3.31. The van der Waals surface area contributed by atoms with Crippen molar-refractivity contribution in [2.24, 2.45) is 5.10 Å². The van der Waals surface area contributed by atoms with E-state index in [1.165, 1.54) is 0 Å². The molecule has 154 valence electrons. The van der Waals surface area contributed by atoms with Crippen LogP contribution < -0.4 is 14.9 Å². The summed E-state index contributed by atoms with van der Waals surface area (Å²) < 4.78 is 11.4. The van der Waals surface area contributed by atoms with Gasteiger partial charge in [0.1, 0.15) is 18.1 Å². The van der Waals surface area contributed by atoms with Gasteiger partial charge in [-0.15, -0.1) is 0 Å². The fraction of sp³-hybridized carbons (Fsp3) is 0.167. The number of rotatable bonds is 9. The summed E-state index contributed by atoms with van der Waals surface area (Å²) >= 11 is 5.91. The van der Waals surface area contributed by atoms with Crippen molar-refractivity contribution in [2.75, 3.05) is 6.61 Å². The molecule has 1 amide bonds. The molecule has 3 rings (SSSR count). The second-order valence-corrected chi connectivity index (χ2v) is 6.96. The molecule has 0 saturated heterocycles. The molecule has 0 aromatic heterocycles. The second kappa shape index (κ2) is 11.0. The number of nitrogens with one attached hydrogen (secondary N) is 1. The van der Waals surface area contributed by atoms with Crippen molar-refractivity contribution in [3.63, 3.8) is 0 Å². The molecule has 0 heterocycles. The van der Waals surface area contributed by atoms with Crippen LogP contribution in [0, 0.1) is 0 Å². The summed E-state index contributed by atoms with van der Waals surface area (Å²) in [6.07, 6.45) is 2.50. The minimum atomic E-state index is -0.298. The molecule has 30 heavy (non-hydrogen) atoms. The number of carbonyl (C=O) groups is 1. The van der Waals surface area contributed by atoms with Crippen LogP contribution in [0.3, 0.4) is 0 Å². The number of para-hydroxylation sites is 1. The molecule has 0 bridgehead atoms. The van der Waals surface area contributed by atoms with E-state index in [9.17, 15) is 4.79 Å². The van der Waals surface area contributed by atoms with Gasteiger partial charge in [0, 0.05) is 16.1 Å². The van der Waals surface area contributed by atoms with Crippen LogP contribution in [0.4, 0.5) is 0 Å². The maximum Gasteiger partial charge on any atom is 0.271 e. The van der Waals surface area contributed by atoms with E-state index in [1.54, 1.807) is 30.5 Å². The third-order valence-electron chi connectivity index (χ3n) is 4.19. The third-order valence-corrected chi connectivity index (χ3v) is 4.44. The highest BCUT2D eigenvalue weighted by Gasteiger charge is 2.05. The van der Waals surface area contributed by atoms with E-state index in [0.29, 0.717) is 29.5 Å². The van der Waals surface area contributed by atoms with E-state index >= 15 is 0 Å². The fourth-order valence-corrected chi connectivity index (χ4v) is 2.73. The van der Waals surface area contributed by atoms with Gasteiger partial charge in [-0.25, -0.2) is 5.43 Å². The van der Waals surface area contributed by atoms with Gasteiger partial charge in [0.05, 0.1) is 12.8 Å². The molecule has 0 radical (unpaired) electrons. The monoisotopic (exact) mass is 422 g/mol. The molecule has 0 spiro atoms. The lowest BCUT2D eigenvalue weighted by Gasteiger charge is -2.09. The van der Waals surface area contributed by atoms with E-state index in [4.69, 9.17) is 21.1 Å². The standard InChI is InChI=1S/C24H23ClN2O3/c1-2-15-29-22-13-9-19(10-14-22)24(28)27-26-16-20-5-3-4-6-23(20)30-17-18-7-11-21(25)12-8-18/h3-14,16H,2,15,17H2,1H3,(H,27,28)/b26-16-. The number of amides is 1. The number of ether oxygens (including phenoxy) is 2. The topological polar surface area (TPSA) is 59.9 Å². The number of carbonyl (C=O) groups excluding carboxylic acids is 1. The Balaban J connectivity index is 1.58. The van der Waals surface area contributed by atoms with E-state index in [2.05, 4.69) is 10.5 Å².